The Hall–Kier alpha value is -0.610. The van der Waals surface area contributed by atoms with Gasteiger partial charge in [-0.1, -0.05) is 20.3 Å². The van der Waals surface area contributed by atoms with Crippen LogP contribution in [0.15, 0.2) is 0 Å². The van der Waals surface area contributed by atoms with E-state index in [-0.39, 0.29) is 18.1 Å². The molecule has 0 spiro atoms. The van der Waals surface area contributed by atoms with Crippen molar-refractivity contribution < 1.29 is 9.53 Å². The van der Waals surface area contributed by atoms with Gasteiger partial charge in [-0.05, 0) is 25.8 Å². The molecule has 0 radical (unpaired) electrons. The van der Waals surface area contributed by atoms with Gasteiger partial charge in [0.05, 0.1) is 7.11 Å². The van der Waals surface area contributed by atoms with Crippen molar-refractivity contribution in [3.05, 3.63) is 0 Å². The number of methoxy groups -OCH3 is 1. The zero-order chi connectivity index (χ0) is 12.8. The number of nitrogens with zero attached hydrogens (tertiary/aromatic N) is 1. The van der Waals surface area contributed by atoms with Crippen molar-refractivity contribution in [2.75, 3.05) is 27.2 Å². The van der Waals surface area contributed by atoms with E-state index in [1.54, 1.807) is 0 Å². The van der Waals surface area contributed by atoms with Crippen LogP contribution in [0.25, 0.3) is 0 Å². The zero-order valence-corrected chi connectivity index (χ0v) is 11.5. The summed E-state index contributed by atoms with van der Waals surface area (Å²) in [6, 6.07) is 0.0706. The van der Waals surface area contributed by atoms with Gasteiger partial charge in [0, 0.05) is 19.1 Å². The molecule has 17 heavy (non-hydrogen) atoms. The molecule has 4 heteroatoms. The zero-order valence-electron chi connectivity index (χ0n) is 11.5. The van der Waals surface area contributed by atoms with Crippen LogP contribution in [-0.2, 0) is 9.53 Å². The monoisotopic (exact) mass is 242 g/mol. The highest BCUT2D eigenvalue weighted by molar-refractivity contribution is 5.75. The second-order valence-corrected chi connectivity index (χ2v) is 5.42. The van der Waals surface area contributed by atoms with Gasteiger partial charge in [-0.15, -0.1) is 0 Å². The lowest BCUT2D eigenvalue weighted by Crippen LogP contribution is -2.49. The predicted molar refractivity (Wildman–Crippen MR) is 68.9 cm³/mol. The van der Waals surface area contributed by atoms with Crippen LogP contribution >= 0.6 is 0 Å². The standard InChI is InChI=1S/C13H26N2O2/c1-10(2)14-12(13(16)17-4)9-15(3)8-11-6-5-7-11/h10-12,14H,5-9H2,1-4H3. The first-order valence-corrected chi connectivity index (χ1v) is 6.55. The third-order valence-corrected chi connectivity index (χ3v) is 3.31. The van der Waals surface area contributed by atoms with E-state index >= 15 is 0 Å². The van der Waals surface area contributed by atoms with Crippen molar-refractivity contribution in [1.82, 2.24) is 10.2 Å². The highest BCUT2D eigenvalue weighted by atomic mass is 16.5. The van der Waals surface area contributed by atoms with Crippen LogP contribution in [0.5, 0.6) is 0 Å². The van der Waals surface area contributed by atoms with Crippen molar-refractivity contribution in [2.45, 2.75) is 45.2 Å². The topological polar surface area (TPSA) is 41.6 Å². The highest BCUT2D eigenvalue weighted by Gasteiger charge is 2.24. The lowest BCUT2D eigenvalue weighted by Gasteiger charge is -2.32. The van der Waals surface area contributed by atoms with Crippen molar-refractivity contribution in [3.8, 4) is 0 Å². The van der Waals surface area contributed by atoms with E-state index in [0.717, 1.165) is 19.0 Å². The van der Waals surface area contributed by atoms with Gasteiger partial charge in [-0.3, -0.25) is 4.79 Å². The van der Waals surface area contributed by atoms with Gasteiger partial charge in [0.25, 0.3) is 0 Å². The lowest BCUT2D eigenvalue weighted by molar-refractivity contribution is -0.143. The Labute approximate surface area is 105 Å². The van der Waals surface area contributed by atoms with E-state index in [1.807, 2.05) is 13.8 Å². The Kier molecular flexibility index (Phi) is 5.92. The summed E-state index contributed by atoms with van der Waals surface area (Å²) in [5.41, 5.74) is 0. The van der Waals surface area contributed by atoms with Gasteiger partial charge < -0.3 is 15.0 Å². The predicted octanol–water partition coefficient (Wildman–Crippen LogP) is 1.26. The Balaban J connectivity index is 2.37. The van der Waals surface area contributed by atoms with Crippen LogP contribution < -0.4 is 5.32 Å². The fraction of sp³-hybridized carbons (Fsp3) is 0.923. The van der Waals surface area contributed by atoms with Gasteiger partial charge in [-0.2, -0.15) is 0 Å². The number of rotatable bonds is 7. The molecule has 1 rings (SSSR count). The minimum Gasteiger partial charge on any atom is -0.468 e. The number of esters is 1. The first-order chi connectivity index (χ1) is 8.02. The SMILES string of the molecule is COC(=O)C(CN(C)CC1CCC1)NC(C)C. The Bertz CT molecular complexity index is 240. The number of likely N-dealkylation sites (N-methyl/N-ethyl adjacent to an activating group) is 1. The molecule has 0 aliphatic heterocycles. The number of hydrogen-bond acceptors (Lipinski definition) is 4. The fourth-order valence-electron chi connectivity index (χ4n) is 2.24. The number of carbonyl (C=O) groups is 1. The van der Waals surface area contributed by atoms with Crippen LogP contribution in [-0.4, -0.2) is 50.2 Å². The Morgan fingerprint density at radius 2 is 2.12 bits per heavy atom. The number of nitrogens with one attached hydrogen (secondary N) is 1. The van der Waals surface area contributed by atoms with Gasteiger partial charge in [0.2, 0.25) is 0 Å². The van der Waals surface area contributed by atoms with E-state index in [0.29, 0.717) is 0 Å². The second kappa shape index (κ2) is 6.97. The van der Waals surface area contributed by atoms with Gasteiger partial charge in [-0.25, -0.2) is 0 Å². The van der Waals surface area contributed by atoms with Crippen LogP contribution in [0.2, 0.25) is 0 Å². The molecule has 1 N–H and O–H groups in total. The Morgan fingerprint density at radius 1 is 1.47 bits per heavy atom. The third kappa shape index (κ3) is 5.04. The van der Waals surface area contributed by atoms with E-state index in [9.17, 15) is 4.79 Å². The number of carbonyl (C=O) groups excluding carboxylic acids is 1. The maximum Gasteiger partial charge on any atom is 0.324 e. The summed E-state index contributed by atoms with van der Waals surface area (Å²) in [7, 11) is 3.53. The minimum atomic E-state index is -0.218. The van der Waals surface area contributed by atoms with E-state index in [2.05, 4.69) is 17.3 Å². The molecule has 1 fully saturated rings. The smallest absolute Gasteiger partial charge is 0.324 e. The average Bonchev–Trinajstić information content (AvgIpc) is 2.21. The number of hydrogen-bond donors (Lipinski definition) is 1. The Morgan fingerprint density at radius 3 is 2.53 bits per heavy atom. The summed E-state index contributed by atoms with van der Waals surface area (Å²) in [6.45, 7) is 5.90. The second-order valence-electron chi connectivity index (χ2n) is 5.42. The molecule has 1 atom stereocenters. The van der Waals surface area contributed by atoms with Crippen LogP contribution in [0, 0.1) is 5.92 Å². The van der Waals surface area contributed by atoms with Crippen molar-refractivity contribution in [2.24, 2.45) is 5.92 Å². The molecule has 4 nitrogen and oxygen atoms in total. The molecule has 1 unspecified atom stereocenters. The quantitative estimate of drug-likeness (QED) is 0.682. The summed E-state index contributed by atoms with van der Waals surface area (Å²) in [4.78, 5) is 13.9. The summed E-state index contributed by atoms with van der Waals surface area (Å²) >= 11 is 0. The molecule has 0 bridgehead atoms. The van der Waals surface area contributed by atoms with E-state index < -0.39 is 0 Å². The molecule has 0 aromatic carbocycles. The lowest BCUT2D eigenvalue weighted by atomic mass is 9.85. The van der Waals surface area contributed by atoms with Crippen LogP contribution in [0.4, 0.5) is 0 Å². The molecule has 100 valence electrons. The molecule has 0 saturated heterocycles. The first-order valence-electron chi connectivity index (χ1n) is 6.55. The minimum absolute atomic E-state index is 0.167. The van der Waals surface area contributed by atoms with Gasteiger partial charge in [0.15, 0.2) is 0 Å². The number of ether oxygens (including phenoxy) is 1. The molecular weight excluding hydrogens is 216 g/mol. The van der Waals surface area contributed by atoms with Crippen molar-refractivity contribution in [1.29, 1.82) is 0 Å². The summed E-state index contributed by atoms with van der Waals surface area (Å²) in [6.07, 6.45) is 4.04. The molecule has 1 aliphatic carbocycles. The van der Waals surface area contributed by atoms with Crippen LogP contribution in [0.3, 0.4) is 0 Å². The molecule has 0 aromatic rings. The van der Waals surface area contributed by atoms with Crippen LogP contribution in [0.1, 0.15) is 33.1 Å². The highest BCUT2D eigenvalue weighted by Crippen LogP contribution is 2.26. The fourth-order valence-corrected chi connectivity index (χ4v) is 2.24. The van der Waals surface area contributed by atoms with Crippen molar-refractivity contribution in [3.63, 3.8) is 0 Å². The molecular formula is C13H26N2O2. The summed E-state index contributed by atoms with van der Waals surface area (Å²) in [5.74, 6) is 0.663. The maximum atomic E-state index is 11.6. The third-order valence-electron chi connectivity index (χ3n) is 3.31. The van der Waals surface area contributed by atoms with Gasteiger partial charge >= 0.3 is 5.97 Å². The molecule has 1 saturated carbocycles. The molecule has 0 aromatic heterocycles. The largest absolute Gasteiger partial charge is 0.468 e. The molecule has 1 aliphatic rings. The van der Waals surface area contributed by atoms with E-state index in [1.165, 1.54) is 26.4 Å². The molecule has 0 heterocycles. The first kappa shape index (κ1) is 14.5. The maximum absolute atomic E-state index is 11.6. The summed E-state index contributed by atoms with van der Waals surface area (Å²) < 4.78 is 4.83. The average molecular weight is 242 g/mol. The molecule has 0 amide bonds. The van der Waals surface area contributed by atoms with Crippen molar-refractivity contribution >= 4 is 5.97 Å². The van der Waals surface area contributed by atoms with Gasteiger partial charge in [0.1, 0.15) is 6.04 Å². The normalized spacial score (nSPS) is 18.2. The summed E-state index contributed by atoms with van der Waals surface area (Å²) in [5, 5.41) is 3.25. The van der Waals surface area contributed by atoms with E-state index in [4.69, 9.17) is 4.74 Å².